The smallest absolute Gasteiger partial charge is 0.323 e. The van der Waals surface area contributed by atoms with Gasteiger partial charge in [0.15, 0.2) is 0 Å². The van der Waals surface area contributed by atoms with Crippen LogP contribution in [0.3, 0.4) is 0 Å². The van der Waals surface area contributed by atoms with Crippen molar-refractivity contribution in [2.75, 3.05) is 28.6 Å². The second kappa shape index (κ2) is 13.8. The van der Waals surface area contributed by atoms with Crippen molar-refractivity contribution in [1.29, 1.82) is 0 Å². The number of carbonyl (C=O) groups is 1. The summed E-state index contributed by atoms with van der Waals surface area (Å²) in [5.41, 5.74) is 3.65. The zero-order valence-corrected chi connectivity index (χ0v) is 22.7. The van der Waals surface area contributed by atoms with E-state index in [1.165, 1.54) is 12.1 Å². The lowest BCUT2D eigenvalue weighted by atomic mass is 10.0. The van der Waals surface area contributed by atoms with Crippen LogP contribution in [-0.2, 0) is 0 Å². The number of amides is 2. The molecule has 0 aliphatic carbocycles. The normalized spacial score (nSPS) is 11.9. The Kier molecular flexibility index (Phi) is 11.1. The summed E-state index contributed by atoms with van der Waals surface area (Å²) < 4.78 is 14.9. The van der Waals surface area contributed by atoms with Gasteiger partial charge in [0.2, 0.25) is 0 Å². The van der Waals surface area contributed by atoms with Crippen molar-refractivity contribution in [3.63, 3.8) is 0 Å². The maximum Gasteiger partial charge on any atom is 0.323 e. The molecular weight excluding hydrogens is 509 g/mol. The average Bonchev–Trinajstić information content (AvgIpc) is 2.77. The summed E-state index contributed by atoms with van der Waals surface area (Å²) in [7, 11) is 0. The summed E-state index contributed by atoms with van der Waals surface area (Å²) in [5.74, 6) is 0.345. The van der Waals surface area contributed by atoms with Crippen LogP contribution < -0.4 is 15.5 Å². The quantitative estimate of drug-likeness (QED) is 0.224. The van der Waals surface area contributed by atoms with Crippen molar-refractivity contribution in [3.05, 3.63) is 58.3 Å². The highest BCUT2D eigenvalue weighted by Gasteiger charge is 2.18. The fourth-order valence-corrected chi connectivity index (χ4v) is 4.05. The van der Waals surface area contributed by atoms with Crippen LogP contribution in [0, 0.1) is 17.7 Å². The minimum Gasteiger partial charge on any atom is -0.369 e. The lowest BCUT2D eigenvalue weighted by molar-refractivity contribution is 0.262. The number of anilines is 3. The number of halogens is 2. The van der Waals surface area contributed by atoms with Crippen LogP contribution in [0.4, 0.5) is 26.2 Å². The topological polar surface area (TPSA) is 69.1 Å². The van der Waals surface area contributed by atoms with Crippen LogP contribution in [-0.4, -0.2) is 32.1 Å². The standard InChI is InChI=1S/C27H35BrFN5O/c1-7-20(12-13-31-30-6)21-8-11-26(34(16-18(2)3)17-19(4)5)25(14-21)33-27(35)32-24-10-9-22(28)15-23(24)29/h8-15,18-19H,6-7,16-17H2,1-5H3,(H2,32,33,35)/b20-12-,31-13-. The third kappa shape index (κ3) is 8.94. The average molecular weight is 545 g/mol. The summed E-state index contributed by atoms with van der Waals surface area (Å²) in [6.07, 6.45) is 4.24. The van der Waals surface area contributed by atoms with E-state index in [9.17, 15) is 9.18 Å². The highest BCUT2D eigenvalue weighted by molar-refractivity contribution is 9.10. The predicted molar refractivity (Wildman–Crippen MR) is 151 cm³/mol. The van der Waals surface area contributed by atoms with E-state index in [0.29, 0.717) is 22.0 Å². The van der Waals surface area contributed by atoms with Crippen LogP contribution in [0.5, 0.6) is 0 Å². The van der Waals surface area contributed by atoms with Gasteiger partial charge in [0.05, 0.1) is 17.1 Å². The fourth-order valence-electron chi connectivity index (χ4n) is 3.72. The number of carbonyl (C=O) groups excluding carboxylic acids is 1. The molecule has 0 aromatic heterocycles. The molecule has 6 nitrogen and oxygen atoms in total. The first-order valence-electron chi connectivity index (χ1n) is 11.7. The first-order valence-corrected chi connectivity index (χ1v) is 12.5. The molecule has 0 bridgehead atoms. The number of hydrogen-bond donors (Lipinski definition) is 2. The second-order valence-corrected chi connectivity index (χ2v) is 9.99. The summed E-state index contributed by atoms with van der Waals surface area (Å²) in [6, 6.07) is 10.0. The first kappa shape index (κ1) is 28.2. The maximum absolute atomic E-state index is 14.3. The van der Waals surface area contributed by atoms with Crippen LogP contribution in [0.25, 0.3) is 5.57 Å². The molecule has 0 unspecified atom stereocenters. The van der Waals surface area contributed by atoms with Gasteiger partial charge in [0, 0.05) is 30.5 Å². The van der Waals surface area contributed by atoms with E-state index < -0.39 is 11.8 Å². The van der Waals surface area contributed by atoms with Gasteiger partial charge >= 0.3 is 6.03 Å². The number of urea groups is 1. The van der Waals surface area contributed by atoms with Gasteiger partial charge in [-0.3, -0.25) is 0 Å². The number of nitrogens with zero attached hydrogens (tertiary/aromatic N) is 3. The van der Waals surface area contributed by atoms with Gasteiger partial charge in [-0.25, -0.2) is 9.18 Å². The van der Waals surface area contributed by atoms with E-state index in [-0.39, 0.29) is 5.69 Å². The van der Waals surface area contributed by atoms with E-state index in [0.717, 1.165) is 36.3 Å². The highest BCUT2D eigenvalue weighted by atomic mass is 79.9. The number of benzene rings is 2. The first-order chi connectivity index (χ1) is 16.6. The number of nitrogens with one attached hydrogen (secondary N) is 2. The van der Waals surface area contributed by atoms with Gasteiger partial charge < -0.3 is 15.5 Å². The fraction of sp³-hybridized carbons (Fsp3) is 0.370. The monoisotopic (exact) mass is 543 g/mol. The Hall–Kier alpha value is -3.00. The molecular formula is C27H35BrFN5O. The number of hydrogen-bond acceptors (Lipinski definition) is 4. The molecule has 0 fully saturated rings. The number of rotatable bonds is 11. The maximum atomic E-state index is 14.3. The Labute approximate surface area is 216 Å². The van der Waals surface area contributed by atoms with Crippen molar-refractivity contribution < 1.29 is 9.18 Å². The molecule has 0 radical (unpaired) electrons. The van der Waals surface area contributed by atoms with Gasteiger partial charge in [-0.1, -0.05) is 56.6 Å². The van der Waals surface area contributed by atoms with Gasteiger partial charge in [-0.15, -0.1) is 0 Å². The molecule has 188 valence electrons. The van der Waals surface area contributed by atoms with Gasteiger partial charge in [-0.2, -0.15) is 10.2 Å². The second-order valence-electron chi connectivity index (χ2n) is 9.08. The molecule has 35 heavy (non-hydrogen) atoms. The van der Waals surface area contributed by atoms with Gasteiger partial charge in [0.25, 0.3) is 0 Å². The Morgan fingerprint density at radius 3 is 2.31 bits per heavy atom. The Balaban J connectivity index is 2.48. The Morgan fingerprint density at radius 1 is 1.09 bits per heavy atom. The largest absolute Gasteiger partial charge is 0.369 e. The minimum absolute atomic E-state index is 0.104. The van der Waals surface area contributed by atoms with E-state index >= 15 is 0 Å². The van der Waals surface area contributed by atoms with E-state index in [1.807, 2.05) is 24.3 Å². The molecule has 0 heterocycles. The molecule has 8 heteroatoms. The summed E-state index contributed by atoms with van der Waals surface area (Å²) >= 11 is 3.23. The third-order valence-corrected chi connectivity index (χ3v) is 5.60. The highest BCUT2D eigenvalue weighted by Crippen LogP contribution is 2.32. The predicted octanol–water partition coefficient (Wildman–Crippen LogP) is 7.83. The number of allylic oxidation sites excluding steroid dienone is 2. The molecule has 0 saturated heterocycles. The molecule has 0 saturated carbocycles. The summed E-state index contributed by atoms with van der Waals surface area (Å²) in [4.78, 5) is 15.2. The van der Waals surface area contributed by atoms with E-state index in [4.69, 9.17) is 0 Å². The minimum atomic E-state index is -0.518. The molecule has 0 atom stereocenters. The van der Waals surface area contributed by atoms with Crippen molar-refractivity contribution in [2.24, 2.45) is 22.0 Å². The van der Waals surface area contributed by atoms with Crippen LogP contribution in [0.2, 0.25) is 0 Å². The lowest BCUT2D eigenvalue weighted by Gasteiger charge is -2.31. The molecule has 2 rings (SSSR count). The molecule has 2 aromatic rings. The van der Waals surface area contributed by atoms with Crippen molar-refractivity contribution >= 4 is 57.5 Å². The van der Waals surface area contributed by atoms with Gasteiger partial charge in [0.1, 0.15) is 5.82 Å². The third-order valence-electron chi connectivity index (χ3n) is 5.11. The summed E-state index contributed by atoms with van der Waals surface area (Å²) in [5, 5.41) is 12.9. The molecule has 0 aliphatic heterocycles. The van der Waals surface area contributed by atoms with Crippen LogP contribution >= 0.6 is 15.9 Å². The van der Waals surface area contributed by atoms with Crippen molar-refractivity contribution in [2.45, 2.75) is 41.0 Å². The lowest BCUT2D eigenvalue weighted by Crippen LogP contribution is -2.32. The SMILES string of the molecule is C=N/N=C\C=C(\CC)c1ccc(N(CC(C)C)CC(C)C)c(NC(=O)Nc2ccc(Br)cc2F)c1. The van der Waals surface area contributed by atoms with Crippen LogP contribution in [0.15, 0.2) is 57.1 Å². The molecule has 2 aromatic carbocycles. The Morgan fingerprint density at radius 2 is 1.74 bits per heavy atom. The van der Waals surface area contributed by atoms with Crippen molar-refractivity contribution in [1.82, 2.24) is 0 Å². The Bertz CT molecular complexity index is 1070. The molecule has 0 aliphatic rings. The zero-order valence-electron chi connectivity index (χ0n) is 21.1. The molecule has 2 N–H and O–H groups in total. The van der Waals surface area contributed by atoms with Crippen LogP contribution in [0.1, 0.15) is 46.6 Å². The molecule has 2 amide bonds. The van der Waals surface area contributed by atoms with E-state index in [1.54, 1.807) is 12.3 Å². The summed E-state index contributed by atoms with van der Waals surface area (Å²) in [6.45, 7) is 15.8. The van der Waals surface area contributed by atoms with E-state index in [2.05, 4.69) is 83.0 Å². The van der Waals surface area contributed by atoms with Crippen molar-refractivity contribution in [3.8, 4) is 0 Å². The molecule has 0 spiro atoms. The zero-order chi connectivity index (χ0) is 26.0. The van der Waals surface area contributed by atoms with Gasteiger partial charge in [-0.05, 0) is 65.8 Å².